The van der Waals surface area contributed by atoms with E-state index < -0.39 is 23.7 Å². The van der Waals surface area contributed by atoms with Crippen LogP contribution in [0.2, 0.25) is 0 Å². The molecular weight excluding hydrogens is 570 g/mol. The normalized spacial score (nSPS) is 26.0. The van der Waals surface area contributed by atoms with Crippen molar-refractivity contribution in [3.05, 3.63) is 105 Å². The number of fused-ring (bicyclic) bond motifs is 4. The van der Waals surface area contributed by atoms with Crippen molar-refractivity contribution >= 4 is 55.8 Å². The van der Waals surface area contributed by atoms with E-state index in [1.807, 2.05) is 36.4 Å². The number of allylic oxidation sites excluding steroid dienone is 6. The van der Waals surface area contributed by atoms with Crippen LogP contribution < -0.4 is 4.90 Å². The molecule has 3 aromatic rings. The summed E-state index contributed by atoms with van der Waals surface area (Å²) < 4.78 is 0.838. The number of carbonyl (C=O) groups excluding carboxylic acids is 4. The van der Waals surface area contributed by atoms with Gasteiger partial charge in [0.2, 0.25) is 11.8 Å². The number of nitrogens with zero attached hydrogens (tertiary/aromatic N) is 1. The number of anilines is 1. The lowest BCUT2D eigenvalue weighted by molar-refractivity contribution is -0.123. The maximum atomic E-state index is 14.0. The van der Waals surface area contributed by atoms with Gasteiger partial charge >= 0.3 is 0 Å². The number of ketones is 2. The van der Waals surface area contributed by atoms with Gasteiger partial charge in [-0.2, -0.15) is 0 Å². The molecule has 3 aromatic carbocycles. The maximum Gasteiger partial charge on any atom is 0.238 e. The van der Waals surface area contributed by atoms with Crippen LogP contribution >= 0.6 is 15.9 Å². The molecule has 1 heterocycles. The van der Waals surface area contributed by atoms with Gasteiger partial charge in [-0.25, -0.2) is 0 Å². The van der Waals surface area contributed by atoms with Crippen molar-refractivity contribution in [2.24, 2.45) is 17.8 Å². The van der Waals surface area contributed by atoms with Crippen molar-refractivity contribution in [2.45, 2.75) is 25.7 Å². The summed E-state index contributed by atoms with van der Waals surface area (Å²) in [5, 5.41) is 12.9. The third-order valence-corrected chi connectivity index (χ3v) is 9.41. The quantitative estimate of drug-likeness (QED) is 0.225. The fourth-order valence-corrected chi connectivity index (χ4v) is 7.39. The molecule has 0 spiro atoms. The van der Waals surface area contributed by atoms with Crippen molar-refractivity contribution in [2.75, 3.05) is 4.90 Å². The minimum atomic E-state index is -0.703. The zero-order chi connectivity index (χ0) is 27.9. The molecule has 2 amide bonds. The van der Waals surface area contributed by atoms with Gasteiger partial charge in [0.05, 0.1) is 17.5 Å². The first kappa shape index (κ1) is 24.9. The molecule has 1 aliphatic heterocycles. The third kappa shape index (κ3) is 3.47. The molecule has 4 aliphatic rings. The number of hydrogen-bond donors (Lipinski definition) is 1. The molecule has 4 atom stereocenters. The molecule has 0 saturated carbocycles. The van der Waals surface area contributed by atoms with Crippen LogP contribution in [0.1, 0.15) is 31.2 Å². The van der Waals surface area contributed by atoms with Crippen LogP contribution in [0, 0.1) is 17.8 Å². The Bertz CT molecular complexity index is 1780. The van der Waals surface area contributed by atoms with Gasteiger partial charge in [0.25, 0.3) is 0 Å². The van der Waals surface area contributed by atoms with Crippen LogP contribution in [0.4, 0.5) is 5.69 Å². The van der Waals surface area contributed by atoms with Crippen molar-refractivity contribution in [1.82, 2.24) is 0 Å². The van der Waals surface area contributed by atoms with E-state index in [9.17, 15) is 24.3 Å². The fourth-order valence-electron chi connectivity index (χ4n) is 7.12. The van der Waals surface area contributed by atoms with Crippen molar-refractivity contribution in [1.29, 1.82) is 0 Å². The number of hydrogen-bond acceptors (Lipinski definition) is 5. The molecule has 198 valence electrons. The molecule has 0 bridgehead atoms. The number of halogens is 1. The summed E-state index contributed by atoms with van der Waals surface area (Å²) in [6, 6.07) is 18.1. The number of amides is 2. The highest BCUT2D eigenvalue weighted by Crippen LogP contribution is 2.57. The average molecular weight is 594 g/mol. The van der Waals surface area contributed by atoms with Crippen molar-refractivity contribution < 1.29 is 24.3 Å². The van der Waals surface area contributed by atoms with E-state index in [0.29, 0.717) is 34.4 Å². The second kappa shape index (κ2) is 8.96. The minimum absolute atomic E-state index is 0.0250. The number of rotatable bonds is 2. The van der Waals surface area contributed by atoms with Crippen LogP contribution in [0.3, 0.4) is 0 Å². The largest absolute Gasteiger partial charge is 0.508 e. The van der Waals surface area contributed by atoms with Gasteiger partial charge in [0, 0.05) is 32.7 Å². The lowest BCUT2D eigenvalue weighted by Crippen LogP contribution is -2.40. The number of imide groups is 1. The highest BCUT2D eigenvalue weighted by atomic mass is 79.9. The first-order chi connectivity index (χ1) is 19.3. The molecule has 7 heteroatoms. The Kier molecular flexibility index (Phi) is 5.58. The Morgan fingerprint density at radius 1 is 0.900 bits per heavy atom. The highest BCUT2D eigenvalue weighted by Gasteiger charge is 2.57. The average Bonchev–Trinajstić information content (AvgIpc) is 3.21. The molecule has 0 unspecified atom stereocenters. The van der Waals surface area contributed by atoms with E-state index in [0.717, 1.165) is 20.8 Å². The maximum absolute atomic E-state index is 14.0. The van der Waals surface area contributed by atoms with Crippen molar-refractivity contribution in [3.63, 3.8) is 0 Å². The monoisotopic (exact) mass is 593 g/mol. The number of aromatic hydroxyl groups is 1. The lowest BCUT2D eigenvalue weighted by Gasteiger charge is -2.42. The fraction of sp³-hybridized carbons (Fsp3) is 0.212. The number of phenolic OH excluding ortho intramolecular Hbond substituents is 1. The smallest absolute Gasteiger partial charge is 0.238 e. The Labute approximate surface area is 238 Å². The summed E-state index contributed by atoms with van der Waals surface area (Å²) >= 11 is 3.40. The first-order valence-electron chi connectivity index (χ1n) is 13.3. The van der Waals surface area contributed by atoms with Crippen molar-refractivity contribution in [3.8, 4) is 5.75 Å². The molecular formula is C33H24BrNO5. The van der Waals surface area contributed by atoms with Gasteiger partial charge in [-0.3, -0.25) is 24.1 Å². The summed E-state index contributed by atoms with van der Waals surface area (Å²) in [7, 11) is 0. The van der Waals surface area contributed by atoms with Gasteiger partial charge in [0.15, 0.2) is 11.6 Å². The Morgan fingerprint density at radius 2 is 1.65 bits per heavy atom. The van der Waals surface area contributed by atoms with E-state index >= 15 is 0 Å². The zero-order valence-electron chi connectivity index (χ0n) is 21.6. The number of phenols is 1. The van der Waals surface area contributed by atoms with Gasteiger partial charge in [-0.05, 0) is 72.9 Å². The van der Waals surface area contributed by atoms with Gasteiger partial charge < -0.3 is 5.11 Å². The number of carbonyl (C=O) groups is 4. The standard InChI is InChI=1S/C33H24BrNO5/c1-16-14-26(37)24-15-23-21(11-12-22-27(23)33(40)35(32(22)39)19-9-7-18(34)8-10-19)29(30(24)31(16)38)28-20-5-3-2-4-17(20)6-13-25(28)36/h2-11,13-14,22-23,27,29,36H,12,15H2,1H3/t22-,23+,27-,29+/m0/s1. The molecule has 0 aromatic heterocycles. The third-order valence-electron chi connectivity index (χ3n) is 8.89. The molecule has 1 fully saturated rings. The summed E-state index contributed by atoms with van der Waals surface area (Å²) in [6.45, 7) is 1.64. The molecule has 40 heavy (non-hydrogen) atoms. The topological polar surface area (TPSA) is 91.8 Å². The minimum Gasteiger partial charge on any atom is -0.508 e. The second-order valence-corrected chi connectivity index (χ2v) is 11.9. The molecule has 7 rings (SSSR count). The second-order valence-electron chi connectivity index (χ2n) is 10.9. The Balaban J connectivity index is 1.42. The summed E-state index contributed by atoms with van der Waals surface area (Å²) in [6.07, 6.45) is 3.89. The number of benzene rings is 3. The van der Waals surface area contributed by atoms with E-state index in [-0.39, 0.29) is 35.6 Å². The first-order valence-corrected chi connectivity index (χ1v) is 14.1. The highest BCUT2D eigenvalue weighted by molar-refractivity contribution is 9.10. The predicted octanol–water partition coefficient (Wildman–Crippen LogP) is 5.94. The van der Waals surface area contributed by atoms with Crippen LogP contribution in [0.15, 0.2) is 99.6 Å². The van der Waals surface area contributed by atoms with Gasteiger partial charge in [-0.15, -0.1) is 0 Å². The van der Waals surface area contributed by atoms with Crippen LogP contribution in [0.25, 0.3) is 10.8 Å². The Morgan fingerprint density at radius 3 is 2.42 bits per heavy atom. The summed E-state index contributed by atoms with van der Waals surface area (Å²) in [5.74, 6) is -3.37. The van der Waals surface area contributed by atoms with Gasteiger partial charge in [0.1, 0.15) is 5.75 Å². The molecule has 3 aliphatic carbocycles. The van der Waals surface area contributed by atoms with Crippen LogP contribution in [-0.4, -0.2) is 28.5 Å². The summed E-state index contributed by atoms with van der Waals surface area (Å²) in [5.41, 5.74) is 2.99. The molecule has 1 saturated heterocycles. The lowest BCUT2D eigenvalue weighted by atomic mass is 9.59. The molecule has 6 nitrogen and oxygen atoms in total. The van der Waals surface area contributed by atoms with E-state index in [1.54, 1.807) is 37.3 Å². The molecule has 0 radical (unpaired) electrons. The van der Waals surface area contributed by atoms with Crippen LogP contribution in [-0.2, 0) is 19.2 Å². The zero-order valence-corrected chi connectivity index (χ0v) is 23.1. The Hall–Kier alpha value is -4.10. The van der Waals surface area contributed by atoms with Crippen LogP contribution in [0.5, 0.6) is 5.75 Å². The predicted molar refractivity (Wildman–Crippen MR) is 154 cm³/mol. The number of Topliss-reactive ketones (excluding diaryl/α,β-unsaturated/α-hetero) is 1. The van der Waals surface area contributed by atoms with E-state index in [4.69, 9.17) is 0 Å². The molecule has 1 N–H and O–H groups in total. The van der Waals surface area contributed by atoms with Gasteiger partial charge in [-0.1, -0.05) is 57.9 Å². The van der Waals surface area contributed by atoms with E-state index in [1.165, 1.54) is 11.0 Å². The SMILES string of the molecule is CC1=CC(=O)C2=C(C1=O)[C@@H](c1c(O)ccc3ccccc13)C1=CC[C@@H]3C(=O)N(c4ccc(Br)cc4)C(=O)[C@@H]3[C@@H]1C2. The summed E-state index contributed by atoms with van der Waals surface area (Å²) in [4.78, 5) is 56.0. The van der Waals surface area contributed by atoms with E-state index in [2.05, 4.69) is 15.9 Å².